The molecule has 0 saturated heterocycles. The van der Waals surface area contributed by atoms with Gasteiger partial charge in [-0.3, -0.25) is 0 Å². The Morgan fingerprint density at radius 1 is 1.71 bits per heavy atom. The number of nitrogens with one attached hydrogen (secondary N) is 1. The molecule has 4 nitrogen and oxygen atoms in total. The van der Waals surface area contributed by atoms with Crippen molar-refractivity contribution < 1.29 is 0 Å². The van der Waals surface area contributed by atoms with Crippen molar-refractivity contribution in [3.63, 3.8) is 0 Å². The zero-order valence-electron chi connectivity index (χ0n) is 7.71. The molecule has 2 heterocycles. The molecule has 0 saturated carbocycles. The number of fused-ring (bicyclic) bond motifs is 1. The Bertz CT molecular complexity index is 436. The first kappa shape index (κ1) is 9.28. The van der Waals surface area contributed by atoms with Crippen LogP contribution in [0.1, 0.15) is 18.3 Å². The fourth-order valence-corrected chi connectivity index (χ4v) is 1.84. The summed E-state index contributed by atoms with van der Waals surface area (Å²) >= 11 is 3.40. The van der Waals surface area contributed by atoms with E-state index < -0.39 is 0 Å². The normalized spacial score (nSPS) is 12.7. The minimum atomic E-state index is 0.662. The Labute approximate surface area is 90.5 Å². The molecule has 0 aliphatic carbocycles. The third kappa shape index (κ3) is 1.53. The Morgan fingerprint density at radius 2 is 2.57 bits per heavy atom. The second kappa shape index (κ2) is 3.84. The van der Waals surface area contributed by atoms with Gasteiger partial charge in [0, 0.05) is 0 Å². The van der Waals surface area contributed by atoms with Crippen LogP contribution in [0.2, 0.25) is 0 Å². The molecule has 72 valence electrons. The van der Waals surface area contributed by atoms with Crippen molar-refractivity contribution in [3.8, 4) is 11.8 Å². The van der Waals surface area contributed by atoms with Crippen LogP contribution >= 0.6 is 15.9 Å². The highest BCUT2D eigenvalue weighted by molar-refractivity contribution is 9.10. The van der Waals surface area contributed by atoms with Crippen LogP contribution in [0.5, 0.6) is 0 Å². The van der Waals surface area contributed by atoms with Gasteiger partial charge in [-0.25, -0.2) is 4.98 Å². The lowest BCUT2D eigenvalue weighted by Gasteiger charge is -2.09. The maximum absolute atomic E-state index is 4.33. The molecule has 0 fully saturated rings. The molecule has 1 N–H and O–H groups in total. The van der Waals surface area contributed by atoms with E-state index in [1.54, 1.807) is 6.21 Å². The molecular formula is C9H9BrN4. The van der Waals surface area contributed by atoms with Crippen LogP contribution in [0, 0.1) is 11.8 Å². The van der Waals surface area contributed by atoms with Gasteiger partial charge in [-0.1, -0.05) is 5.92 Å². The fourth-order valence-electron chi connectivity index (χ4n) is 1.31. The summed E-state index contributed by atoms with van der Waals surface area (Å²) in [5, 5.41) is 3.95. The minimum Gasteiger partial charge on any atom is -0.309 e. The van der Waals surface area contributed by atoms with E-state index in [2.05, 4.69) is 43.3 Å². The number of imidazole rings is 1. The maximum atomic E-state index is 4.33. The van der Waals surface area contributed by atoms with E-state index in [1.165, 1.54) is 0 Å². The van der Waals surface area contributed by atoms with Crippen LogP contribution in [0.25, 0.3) is 0 Å². The fraction of sp³-hybridized carbons (Fsp3) is 0.333. The molecule has 0 amide bonds. The van der Waals surface area contributed by atoms with Crippen LogP contribution in [0.3, 0.4) is 0 Å². The predicted molar refractivity (Wildman–Crippen MR) is 57.8 cm³/mol. The summed E-state index contributed by atoms with van der Waals surface area (Å²) in [5.41, 5.74) is 4.94. The van der Waals surface area contributed by atoms with E-state index in [9.17, 15) is 0 Å². The number of hydrogen-bond acceptors (Lipinski definition) is 3. The van der Waals surface area contributed by atoms with Gasteiger partial charge < -0.3 is 9.99 Å². The first-order chi connectivity index (χ1) is 6.83. The van der Waals surface area contributed by atoms with Crippen LogP contribution in [-0.4, -0.2) is 15.8 Å². The van der Waals surface area contributed by atoms with Gasteiger partial charge in [0.15, 0.2) is 4.73 Å². The highest BCUT2D eigenvalue weighted by Crippen LogP contribution is 2.17. The molecule has 1 aliphatic heterocycles. The van der Waals surface area contributed by atoms with Gasteiger partial charge in [-0.2, -0.15) is 5.10 Å². The summed E-state index contributed by atoms with van der Waals surface area (Å²) in [6.07, 6.45) is 1.72. The van der Waals surface area contributed by atoms with Gasteiger partial charge in [0.25, 0.3) is 0 Å². The summed E-state index contributed by atoms with van der Waals surface area (Å²) in [5.74, 6) is 5.88. The zero-order chi connectivity index (χ0) is 9.97. The molecule has 0 aromatic carbocycles. The average Bonchev–Trinajstić information content (AvgIpc) is 2.51. The summed E-state index contributed by atoms with van der Waals surface area (Å²) in [6.45, 7) is 3.20. The molecule has 0 spiro atoms. The molecule has 0 atom stereocenters. The molecule has 1 aromatic rings. The summed E-state index contributed by atoms with van der Waals surface area (Å²) in [4.78, 5) is 4.33. The lowest BCUT2D eigenvalue weighted by Crippen LogP contribution is -2.16. The lowest BCUT2D eigenvalue weighted by atomic mass is 10.3. The monoisotopic (exact) mass is 252 g/mol. The van der Waals surface area contributed by atoms with E-state index in [-0.39, 0.29) is 0 Å². The van der Waals surface area contributed by atoms with Crippen molar-refractivity contribution in [1.82, 2.24) is 15.0 Å². The topological polar surface area (TPSA) is 42.2 Å². The quantitative estimate of drug-likeness (QED) is 0.762. The molecular weight excluding hydrogens is 244 g/mol. The Morgan fingerprint density at radius 3 is 3.36 bits per heavy atom. The Hall–Kier alpha value is -1.28. The average molecular weight is 253 g/mol. The Balaban J connectivity index is 2.41. The van der Waals surface area contributed by atoms with Gasteiger partial charge >= 0.3 is 0 Å². The molecule has 0 bridgehead atoms. The Kier molecular flexibility index (Phi) is 2.55. The van der Waals surface area contributed by atoms with E-state index in [4.69, 9.17) is 0 Å². The van der Waals surface area contributed by atoms with Gasteiger partial charge in [0.1, 0.15) is 5.69 Å². The number of rotatable bonds is 1. The van der Waals surface area contributed by atoms with Crippen LogP contribution in [0.15, 0.2) is 9.84 Å². The number of hydrazone groups is 1. The summed E-state index contributed by atoms with van der Waals surface area (Å²) in [7, 11) is 0. The van der Waals surface area contributed by atoms with Crippen molar-refractivity contribution in [2.75, 3.05) is 0 Å². The van der Waals surface area contributed by atoms with E-state index in [0.717, 1.165) is 16.1 Å². The first-order valence-electron chi connectivity index (χ1n) is 4.23. The maximum Gasteiger partial charge on any atom is 0.178 e. The number of hydrogen-bond donors (Lipinski definition) is 1. The third-order valence-electron chi connectivity index (χ3n) is 2.00. The van der Waals surface area contributed by atoms with Gasteiger partial charge in [0.2, 0.25) is 0 Å². The predicted octanol–water partition coefficient (Wildman–Crippen LogP) is 1.11. The molecule has 2 rings (SSSR count). The number of aromatic nitrogens is 2. The van der Waals surface area contributed by atoms with Gasteiger partial charge in [-0.15, -0.1) is 5.92 Å². The summed E-state index contributed by atoms with van der Waals surface area (Å²) in [6, 6.07) is 0. The largest absolute Gasteiger partial charge is 0.309 e. The van der Waals surface area contributed by atoms with Gasteiger partial charge in [0.05, 0.1) is 25.0 Å². The van der Waals surface area contributed by atoms with Crippen molar-refractivity contribution in [2.45, 2.75) is 20.0 Å². The highest BCUT2D eigenvalue weighted by Gasteiger charge is 2.15. The minimum absolute atomic E-state index is 0.662. The second-order valence-electron chi connectivity index (χ2n) is 2.82. The molecule has 0 unspecified atom stereocenters. The second-order valence-corrected chi connectivity index (χ2v) is 3.53. The smallest absolute Gasteiger partial charge is 0.178 e. The third-order valence-corrected chi connectivity index (χ3v) is 2.60. The van der Waals surface area contributed by atoms with E-state index in [0.29, 0.717) is 13.1 Å². The standard InChI is InChI=1S/C9H9BrN4/c1-2-3-4-14-8-6-12-11-5-7(8)13-9(14)10/h5,12H,4,6H2,1H3. The van der Waals surface area contributed by atoms with E-state index >= 15 is 0 Å². The van der Waals surface area contributed by atoms with Crippen LogP contribution < -0.4 is 5.43 Å². The molecule has 5 heteroatoms. The highest BCUT2D eigenvalue weighted by atomic mass is 79.9. The molecule has 1 aliphatic rings. The van der Waals surface area contributed by atoms with Crippen LogP contribution in [-0.2, 0) is 13.1 Å². The van der Waals surface area contributed by atoms with E-state index in [1.807, 2.05) is 11.5 Å². The molecule has 0 radical (unpaired) electrons. The number of nitrogens with zero attached hydrogens (tertiary/aromatic N) is 3. The van der Waals surface area contributed by atoms with Crippen molar-refractivity contribution in [1.29, 1.82) is 0 Å². The zero-order valence-corrected chi connectivity index (χ0v) is 9.30. The number of halogens is 1. The van der Waals surface area contributed by atoms with Crippen molar-refractivity contribution in [2.24, 2.45) is 5.10 Å². The molecule has 14 heavy (non-hydrogen) atoms. The first-order valence-corrected chi connectivity index (χ1v) is 5.02. The summed E-state index contributed by atoms with van der Waals surface area (Å²) < 4.78 is 2.84. The molecule has 1 aromatic heterocycles. The SMILES string of the molecule is CC#CCn1c(Br)nc2c1CNN=C2. The van der Waals surface area contributed by atoms with Crippen molar-refractivity contribution in [3.05, 3.63) is 16.1 Å². The van der Waals surface area contributed by atoms with Crippen LogP contribution in [0.4, 0.5) is 0 Å². The van der Waals surface area contributed by atoms with Crippen molar-refractivity contribution >= 4 is 22.1 Å². The lowest BCUT2D eigenvalue weighted by molar-refractivity contribution is 0.660. The van der Waals surface area contributed by atoms with Gasteiger partial charge in [-0.05, 0) is 22.9 Å².